The van der Waals surface area contributed by atoms with Crippen molar-refractivity contribution in [1.82, 2.24) is 0 Å². The molecule has 5 heteroatoms. The SMILES string of the molecule is CSCCC(CO)Nc1ccc(Cl)c(Br)c1. The fourth-order valence-corrected chi connectivity index (χ4v) is 2.31. The second kappa shape index (κ2) is 7.43. The summed E-state index contributed by atoms with van der Waals surface area (Å²) in [5.41, 5.74) is 0.969. The van der Waals surface area contributed by atoms with E-state index in [0.29, 0.717) is 5.02 Å². The van der Waals surface area contributed by atoms with Gasteiger partial charge in [-0.25, -0.2) is 0 Å². The van der Waals surface area contributed by atoms with Gasteiger partial charge in [0.15, 0.2) is 0 Å². The van der Waals surface area contributed by atoms with Gasteiger partial charge in [0.25, 0.3) is 0 Å². The molecule has 0 aliphatic heterocycles. The van der Waals surface area contributed by atoms with Crippen LogP contribution in [0.15, 0.2) is 22.7 Å². The predicted octanol–water partition coefficient (Wildman–Crippen LogP) is 3.63. The zero-order valence-electron chi connectivity index (χ0n) is 9.04. The maximum atomic E-state index is 9.23. The number of aliphatic hydroxyl groups excluding tert-OH is 1. The predicted molar refractivity (Wildman–Crippen MR) is 76.6 cm³/mol. The molecule has 0 aliphatic rings. The first-order valence-corrected chi connectivity index (χ1v) is 7.55. The molecule has 0 aliphatic carbocycles. The van der Waals surface area contributed by atoms with Crippen LogP contribution in [0.3, 0.4) is 0 Å². The van der Waals surface area contributed by atoms with Crippen LogP contribution >= 0.6 is 39.3 Å². The zero-order chi connectivity index (χ0) is 12.0. The number of benzene rings is 1. The van der Waals surface area contributed by atoms with E-state index in [2.05, 4.69) is 27.5 Å². The minimum atomic E-state index is 0.0977. The zero-order valence-corrected chi connectivity index (χ0v) is 12.2. The summed E-state index contributed by atoms with van der Waals surface area (Å²) in [6, 6.07) is 5.76. The molecule has 0 aromatic heterocycles. The van der Waals surface area contributed by atoms with E-state index in [1.165, 1.54) is 0 Å². The fraction of sp³-hybridized carbons (Fsp3) is 0.455. The Morgan fingerprint density at radius 1 is 1.56 bits per heavy atom. The van der Waals surface area contributed by atoms with Crippen molar-refractivity contribution in [2.45, 2.75) is 12.5 Å². The highest BCUT2D eigenvalue weighted by molar-refractivity contribution is 9.10. The maximum absolute atomic E-state index is 9.23. The molecule has 90 valence electrons. The first-order chi connectivity index (χ1) is 7.67. The van der Waals surface area contributed by atoms with E-state index in [-0.39, 0.29) is 12.6 Å². The summed E-state index contributed by atoms with van der Waals surface area (Å²) in [6.45, 7) is 0.140. The van der Waals surface area contributed by atoms with Gasteiger partial charge in [0.1, 0.15) is 0 Å². The third-order valence-electron chi connectivity index (χ3n) is 2.18. The molecule has 2 N–H and O–H groups in total. The second-order valence-electron chi connectivity index (χ2n) is 3.43. The molecule has 0 radical (unpaired) electrons. The van der Waals surface area contributed by atoms with E-state index in [4.69, 9.17) is 11.6 Å². The van der Waals surface area contributed by atoms with Crippen molar-refractivity contribution in [2.75, 3.05) is 23.9 Å². The number of halogens is 2. The smallest absolute Gasteiger partial charge is 0.0633 e. The summed E-state index contributed by atoms with van der Waals surface area (Å²) in [4.78, 5) is 0. The Morgan fingerprint density at radius 2 is 2.31 bits per heavy atom. The largest absolute Gasteiger partial charge is 0.394 e. The molecule has 0 amide bonds. The van der Waals surface area contributed by atoms with Crippen molar-refractivity contribution in [2.24, 2.45) is 0 Å². The molecular formula is C11H15BrClNOS. The molecule has 1 rings (SSSR count). The first kappa shape index (κ1) is 14.2. The van der Waals surface area contributed by atoms with Crippen LogP contribution < -0.4 is 5.32 Å². The van der Waals surface area contributed by atoms with Crippen molar-refractivity contribution in [3.05, 3.63) is 27.7 Å². The number of anilines is 1. The van der Waals surface area contributed by atoms with Crippen molar-refractivity contribution in [1.29, 1.82) is 0 Å². The van der Waals surface area contributed by atoms with E-state index in [0.717, 1.165) is 22.3 Å². The van der Waals surface area contributed by atoms with E-state index >= 15 is 0 Å². The van der Waals surface area contributed by atoms with Gasteiger partial charge in [-0.05, 0) is 52.6 Å². The van der Waals surface area contributed by atoms with Gasteiger partial charge < -0.3 is 10.4 Å². The van der Waals surface area contributed by atoms with Crippen LogP contribution in [0.1, 0.15) is 6.42 Å². The lowest BCUT2D eigenvalue weighted by molar-refractivity contribution is 0.272. The molecule has 1 aromatic carbocycles. The Balaban J connectivity index is 2.59. The van der Waals surface area contributed by atoms with Crippen molar-refractivity contribution >= 4 is 45.0 Å². The quantitative estimate of drug-likeness (QED) is 0.838. The van der Waals surface area contributed by atoms with E-state index < -0.39 is 0 Å². The van der Waals surface area contributed by atoms with Gasteiger partial charge >= 0.3 is 0 Å². The third-order valence-corrected chi connectivity index (χ3v) is 4.04. The van der Waals surface area contributed by atoms with E-state index in [1.54, 1.807) is 11.8 Å². The molecule has 0 saturated heterocycles. The average Bonchev–Trinajstić information content (AvgIpc) is 2.29. The molecule has 1 atom stereocenters. The summed E-state index contributed by atoms with van der Waals surface area (Å²) in [6.07, 6.45) is 3.01. The fourth-order valence-electron chi connectivity index (χ4n) is 1.29. The minimum Gasteiger partial charge on any atom is -0.394 e. The molecular weight excluding hydrogens is 310 g/mol. The molecule has 1 aromatic rings. The normalized spacial score (nSPS) is 12.5. The van der Waals surface area contributed by atoms with Gasteiger partial charge in [0.05, 0.1) is 11.6 Å². The van der Waals surface area contributed by atoms with E-state index in [9.17, 15) is 5.11 Å². The summed E-state index contributed by atoms with van der Waals surface area (Å²) in [7, 11) is 0. The van der Waals surface area contributed by atoms with Gasteiger partial charge in [-0.3, -0.25) is 0 Å². The average molecular weight is 325 g/mol. The van der Waals surface area contributed by atoms with Crippen LogP contribution in [0.2, 0.25) is 5.02 Å². The third kappa shape index (κ3) is 4.53. The van der Waals surface area contributed by atoms with Gasteiger partial charge in [0, 0.05) is 16.2 Å². The topological polar surface area (TPSA) is 32.3 Å². The van der Waals surface area contributed by atoms with Crippen molar-refractivity contribution < 1.29 is 5.11 Å². The van der Waals surface area contributed by atoms with Gasteiger partial charge in [-0.15, -0.1) is 0 Å². The molecule has 0 saturated carbocycles. The molecule has 2 nitrogen and oxygen atoms in total. The van der Waals surface area contributed by atoms with Gasteiger partial charge in [0.2, 0.25) is 0 Å². The van der Waals surface area contributed by atoms with Gasteiger partial charge in [-0.1, -0.05) is 11.6 Å². The molecule has 0 spiro atoms. The summed E-state index contributed by atoms with van der Waals surface area (Å²) in [5, 5.41) is 13.2. The molecule has 0 heterocycles. The Hall–Kier alpha value is 0.1000. The van der Waals surface area contributed by atoms with Crippen molar-refractivity contribution in [3.8, 4) is 0 Å². The lowest BCUT2D eigenvalue weighted by Gasteiger charge is -2.17. The number of rotatable bonds is 6. The first-order valence-electron chi connectivity index (χ1n) is 4.98. The molecule has 16 heavy (non-hydrogen) atoms. The number of nitrogens with one attached hydrogen (secondary N) is 1. The van der Waals surface area contributed by atoms with Gasteiger partial charge in [-0.2, -0.15) is 11.8 Å². The molecule has 0 bridgehead atoms. The minimum absolute atomic E-state index is 0.0977. The highest BCUT2D eigenvalue weighted by Crippen LogP contribution is 2.26. The number of hydrogen-bond donors (Lipinski definition) is 2. The maximum Gasteiger partial charge on any atom is 0.0633 e. The van der Waals surface area contributed by atoms with Crippen LogP contribution in [-0.4, -0.2) is 29.8 Å². The molecule has 1 unspecified atom stereocenters. The Labute approximate surface area is 114 Å². The lowest BCUT2D eigenvalue weighted by atomic mass is 10.2. The standard InChI is InChI=1S/C11H15BrClNOS/c1-16-5-4-9(7-15)14-8-2-3-11(13)10(12)6-8/h2-3,6,9,14-15H,4-5,7H2,1H3. The van der Waals surface area contributed by atoms with Crippen LogP contribution in [0.5, 0.6) is 0 Å². The Bertz CT molecular complexity index is 338. The van der Waals surface area contributed by atoms with Crippen LogP contribution in [0.25, 0.3) is 0 Å². The summed E-state index contributed by atoms with van der Waals surface area (Å²) >= 11 is 11.1. The molecule has 0 fully saturated rings. The Morgan fingerprint density at radius 3 is 2.88 bits per heavy atom. The summed E-state index contributed by atoms with van der Waals surface area (Å²) in [5.74, 6) is 1.03. The monoisotopic (exact) mass is 323 g/mol. The van der Waals surface area contributed by atoms with E-state index in [1.807, 2.05) is 18.2 Å². The lowest BCUT2D eigenvalue weighted by Crippen LogP contribution is -2.24. The highest BCUT2D eigenvalue weighted by atomic mass is 79.9. The summed E-state index contributed by atoms with van der Waals surface area (Å²) < 4.78 is 0.862. The highest BCUT2D eigenvalue weighted by Gasteiger charge is 2.07. The number of thioether (sulfide) groups is 1. The number of hydrogen-bond acceptors (Lipinski definition) is 3. The van der Waals surface area contributed by atoms with Crippen LogP contribution in [-0.2, 0) is 0 Å². The number of aliphatic hydroxyl groups is 1. The van der Waals surface area contributed by atoms with Crippen molar-refractivity contribution in [3.63, 3.8) is 0 Å². The van der Waals surface area contributed by atoms with Crippen LogP contribution in [0.4, 0.5) is 5.69 Å². The van der Waals surface area contributed by atoms with Crippen LogP contribution in [0, 0.1) is 0 Å². The Kier molecular flexibility index (Phi) is 6.58. The second-order valence-corrected chi connectivity index (χ2v) is 5.68.